The van der Waals surface area contributed by atoms with E-state index in [1.807, 2.05) is 60.7 Å². The zero-order valence-electron chi connectivity index (χ0n) is 13.7. The Kier molecular flexibility index (Phi) is 9.85. The highest BCUT2D eigenvalue weighted by Gasteiger charge is 2.01. The van der Waals surface area contributed by atoms with Crippen LogP contribution in [0.15, 0.2) is 60.7 Å². The van der Waals surface area contributed by atoms with E-state index in [-0.39, 0.29) is 0 Å². The lowest BCUT2D eigenvalue weighted by Gasteiger charge is -2.02. The molecule has 3 nitrogen and oxygen atoms in total. The van der Waals surface area contributed by atoms with Crippen molar-refractivity contribution < 1.29 is 9.53 Å². The molecule has 0 saturated heterocycles. The molecule has 2 aromatic carbocycles. The molecule has 1 fully saturated rings. The highest BCUT2D eigenvalue weighted by molar-refractivity contribution is 6.10. The van der Waals surface area contributed by atoms with E-state index < -0.39 is 0 Å². The maximum Gasteiger partial charge on any atom is 0.292 e. The average molecular weight is 311 g/mol. The minimum absolute atomic E-state index is 0.375. The number of ether oxygens (including phenoxy) is 1. The number of methoxy groups -OCH3 is 1. The number of hydrogen-bond donors (Lipinski definition) is 1. The lowest BCUT2D eigenvalue weighted by atomic mass is 10.0. The van der Waals surface area contributed by atoms with Crippen LogP contribution in [0.2, 0.25) is 0 Å². The quantitative estimate of drug-likeness (QED) is 0.651. The maximum absolute atomic E-state index is 8.95. The Morgan fingerprint density at radius 2 is 1.13 bits per heavy atom. The molecule has 0 radical (unpaired) electrons. The molecule has 1 N–H and O–H groups in total. The molecule has 0 amide bonds. The maximum atomic E-state index is 8.95. The second kappa shape index (κ2) is 12.2. The predicted molar refractivity (Wildman–Crippen MR) is 95.0 cm³/mol. The number of nitrogens with one attached hydrogen (secondary N) is 1. The predicted octanol–water partition coefficient (Wildman–Crippen LogP) is 4.84. The Bertz CT molecular complexity index is 499. The summed E-state index contributed by atoms with van der Waals surface area (Å²) in [6.45, 7) is 0.375. The second-order valence-corrected chi connectivity index (χ2v) is 5.21. The van der Waals surface area contributed by atoms with Gasteiger partial charge in [0.15, 0.2) is 0 Å². The first kappa shape index (κ1) is 18.6. The number of benzene rings is 2. The Labute approximate surface area is 138 Å². The summed E-state index contributed by atoms with van der Waals surface area (Å²) in [5, 5.41) is 7.97. The molecule has 0 bridgehead atoms. The number of carbonyl (C=O) groups excluding carboxylic acids is 1. The summed E-state index contributed by atoms with van der Waals surface area (Å²) in [6, 6.07) is 19.5. The standard InChI is InChI=1S/C13H11N.C5H10.C2H4O2/c14-13(11-7-3-1-4-8-11)12-9-5-2-6-10-12;1-2-4-5-3-1;1-4-2-3/h1-10,14H;1-5H2;2H,1H3. The van der Waals surface area contributed by atoms with E-state index in [4.69, 9.17) is 10.2 Å². The molecule has 0 spiro atoms. The lowest BCUT2D eigenvalue weighted by molar-refractivity contribution is -0.126. The molecule has 0 aliphatic heterocycles. The average Bonchev–Trinajstić information content (AvgIpc) is 3.23. The van der Waals surface area contributed by atoms with Crippen LogP contribution < -0.4 is 0 Å². The van der Waals surface area contributed by atoms with Gasteiger partial charge in [0, 0.05) is 0 Å². The third-order valence-electron chi connectivity index (χ3n) is 3.47. The van der Waals surface area contributed by atoms with E-state index in [9.17, 15) is 0 Å². The summed E-state index contributed by atoms with van der Waals surface area (Å²) < 4.78 is 3.86. The molecule has 0 atom stereocenters. The first-order valence-corrected chi connectivity index (χ1v) is 7.95. The van der Waals surface area contributed by atoms with Gasteiger partial charge >= 0.3 is 0 Å². The van der Waals surface area contributed by atoms with Crippen molar-refractivity contribution in [3.8, 4) is 0 Å². The van der Waals surface area contributed by atoms with Gasteiger partial charge in [-0.3, -0.25) is 10.2 Å². The van der Waals surface area contributed by atoms with E-state index >= 15 is 0 Å². The molecule has 0 unspecified atom stereocenters. The van der Waals surface area contributed by atoms with Gasteiger partial charge in [-0.15, -0.1) is 0 Å². The Morgan fingerprint density at radius 3 is 1.39 bits per heavy atom. The number of carbonyl (C=O) groups is 1. The molecule has 3 heteroatoms. The molecule has 2 aromatic rings. The fourth-order valence-corrected chi connectivity index (χ4v) is 2.26. The van der Waals surface area contributed by atoms with Gasteiger partial charge in [0.1, 0.15) is 0 Å². The third-order valence-corrected chi connectivity index (χ3v) is 3.47. The first-order chi connectivity index (χ1) is 11.3. The highest BCUT2D eigenvalue weighted by Crippen LogP contribution is 2.15. The SMILES string of the molecule is C1CCCC1.COC=O.N=C(c1ccccc1)c1ccccc1. The molecule has 0 heterocycles. The minimum atomic E-state index is 0.375. The topological polar surface area (TPSA) is 50.2 Å². The molecule has 1 aliphatic rings. The molecule has 122 valence electrons. The fourth-order valence-electron chi connectivity index (χ4n) is 2.26. The van der Waals surface area contributed by atoms with Crippen molar-refractivity contribution >= 4 is 12.2 Å². The molecule has 1 aliphatic carbocycles. The van der Waals surface area contributed by atoms with Gasteiger partial charge in [0.05, 0.1) is 12.8 Å². The molecule has 23 heavy (non-hydrogen) atoms. The Balaban J connectivity index is 0.000000242. The van der Waals surface area contributed by atoms with Crippen molar-refractivity contribution in [3.63, 3.8) is 0 Å². The lowest BCUT2D eigenvalue weighted by Crippen LogP contribution is -1.99. The smallest absolute Gasteiger partial charge is 0.292 e. The van der Waals surface area contributed by atoms with Gasteiger partial charge in [-0.1, -0.05) is 92.8 Å². The number of rotatable bonds is 3. The van der Waals surface area contributed by atoms with Crippen molar-refractivity contribution in [1.82, 2.24) is 0 Å². The second-order valence-electron chi connectivity index (χ2n) is 5.21. The van der Waals surface area contributed by atoms with Gasteiger partial charge in [0.2, 0.25) is 0 Å². The van der Waals surface area contributed by atoms with E-state index in [2.05, 4.69) is 4.74 Å². The summed E-state index contributed by atoms with van der Waals surface area (Å²) in [6.07, 6.45) is 7.50. The van der Waals surface area contributed by atoms with Crippen LogP contribution >= 0.6 is 0 Å². The van der Waals surface area contributed by atoms with Crippen LogP contribution in [-0.4, -0.2) is 19.3 Å². The fraction of sp³-hybridized carbons (Fsp3) is 0.300. The summed E-state index contributed by atoms with van der Waals surface area (Å²) in [4.78, 5) is 8.95. The third kappa shape index (κ3) is 7.96. The van der Waals surface area contributed by atoms with E-state index in [1.54, 1.807) is 0 Å². The van der Waals surface area contributed by atoms with Gasteiger partial charge in [-0.2, -0.15) is 0 Å². The molecular weight excluding hydrogens is 286 g/mol. The number of hydrogen-bond acceptors (Lipinski definition) is 3. The monoisotopic (exact) mass is 311 g/mol. The van der Waals surface area contributed by atoms with E-state index in [0.717, 1.165) is 11.1 Å². The van der Waals surface area contributed by atoms with Crippen LogP contribution in [0.1, 0.15) is 43.2 Å². The van der Waals surface area contributed by atoms with Crippen molar-refractivity contribution in [1.29, 1.82) is 5.41 Å². The van der Waals surface area contributed by atoms with E-state index in [0.29, 0.717) is 12.2 Å². The van der Waals surface area contributed by atoms with Crippen molar-refractivity contribution in [2.75, 3.05) is 7.11 Å². The zero-order valence-corrected chi connectivity index (χ0v) is 13.7. The van der Waals surface area contributed by atoms with Crippen LogP contribution in [0.5, 0.6) is 0 Å². The summed E-state index contributed by atoms with van der Waals surface area (Å²) in [7, 11) is 1.31. The van der Waals surface area contributed by atoms with Gasteiger partial charge in [-0.25, -0.2) is 0 Å². The molecule has 0 aromatic heterocycles. The van der Waals surface area contributed by atoms with Crippen LogP contribution in [0.4, 0.5) is 0 Å². The van der Waals surface area contributed by atoms with Crippen molar-refractivity contribution in [2.45, 2.75) is 32.1 Å². The normalized spacial score (nSPS) is 12.0. The van der Waals surface area contributed by atoms with Crippen LogP contribution in [0, 0.1) is 5.41 Å². The van der Waals surface area contributed by atoms with Gasteiger partial charge in [0.25, 0.3) is 6.47 Å². The van der Waals surface area contributed by atoms with Crippen molar-refractivity contribution in [3.05, 3.63) is 71.8 Å². The highest BCUT2D eigenvalue weighted by atomic mass is 16.5. The zero-order chi connectivity index (χ0) is 16.8. The van der Waals surface area contributed by atoms with Crippen LogP contribution in [0.25, 0.3) is 0 Å². The molecule has 3 rings (SSSR count). The first-order valence-electron chi connectivity index (χ1n) is 7.95. The van der Waals surface area contributed by atoms with Gasteiger partial charge in [-0.05, 0) is 11.1 Å². The summed E-state index contributed by atoms with van der Waals surface area (Å²) in [5.74, 6) is 0. The molecular formula is C20H25NO2. The van der Waals surface area contributed by atoms with Crippen LogP contribution in [0.3, 0.4) is 0 Å². The van der Waals surface area contributed by atoms with Crippen molar-refractivity contribution in [2.24, 2.45) is 0 Å². The van der Waals surface area contributed by atoms with Gasteiger partial charge < -0.3 is 4.74 Å². The minimum Gasteiger partial charge on any atom is -0.471 e. The Morgan fingerprint density at radius 1 is 0.826 bits per heavy atom. The summed E-state index contributed by atoms with van der Waals surface area (Å²) in [5.41, 5.74) is 2.49. The van der Waals surface area contributed by atoms with Crippen LogP contribution in [-0.2, 0) is 9.53 Å². The molecule has 1 saturated carbocycles. The van der Waals surface area contributed by atoms with E-state index in [1.165, 1.54) is 39.2 Å². The summed E-state index contributed by atoms with van der Waals surface area (Å²) >= 11 is 0. The Hall–Kier alpha value is -2.42. The largest absolute Gasteiger partial charge is 0.471 e.